The van der Waals surface area contributed by atoms with Crippen LogP contribution in [-0.4, -0.2) is 46.1 Å². The van der Waals surface area contributed by atoms with Crippen LogP contribution in [0.1, 0.15) is 258 Å². The standard InChI is InChI=1S/C47H93NO4/c1-3-5-7-9-11-13-15-17-18-19-20-21-22-23-24-25-26-27-28-29-31-33-35-37-39-41-46(51)45(43-49)48-47(52)42-44(50)40-38-36-34-32-30-16-14-12-10-8-6-4-2/h39,41,44-46,49-51H,3-38,40,42-43H2,1-2H3,(H,48,52)/b41-39+. The van der Waals surface area contributed by atoms with Crippen LogP contribution in [0.4, 0.5) is 0 Å². The molecule has 0 spiro atoms. The molecule has 52 heavy (non-hydrogen) atoms. The van der Waals surface area contributed by atoms with Gasteiger partial charge in [0.25, 0.3) is 0 Å². The van der Waals surface area contributed by atoms with Crippen molar-refractivity contribution in [1.82, 2.24) is 5.32 Å². The molecule has 3 atom stereocenters. The third-order valence-electron chi connectivity index (χ3n) is 11.1. The SMILES string of the molecule is CCCCCCCCCCCCCCCCCCCCCCCCC/C=C/C(O)C(CO)NC(=O)CC(O)CCCCCCCCCCCCCC. The summed E-state index contributed by atoms with van der Waals surface area (Å²) in [6, 6.07) is -0.739. The highest BCUT2D eigenvalue weighted by Crippen LogP contribution is 2.17. The van der Waals surface area contributed by atoms with E-state index in [0.29, 0.717) is 6.42 Å². The Morgan fingerprint density at radius 1 is 0.481 bits per heavy atom. The molecule has 0 aromatic rings. The molecule has 0 aliphatic carbocycles. The van der Waals surface area contributed by atoms with Crippen molar-refractivity contribution in [3.8, 4) is 0 Å². The van der Waals surface area contributed by atoms with Gasteiger partial charge in [0.05, 0.1) is 31.3 Å². The van der Waals surface area contributed by atoms with E-state index in [4.69, 9.17) is 0 Å². The van der Waals surface area contributed by atoms with Gasteiger partial charge in [-0.15, -0.1) is 0 Å². The van der Waals surface area contributed by atoms with Gasteiger partial charge in [0.15, 0.2) is 0 Å². The Kier molecular flexibility index (Phi) is 42.1. The Morgan fingerprint density at radius 3 is 1.12 bits per heavy atom. The van der Waals surface area contributed by atoms with Crippen LogP contribution in [0.5, 0.6) is 0 Å². The molecule has 0 aliphatic heterocycles. The Hall–Kier alpha value is -0.910. The van der Waals surface area contributed by atoms with E-state index in [1.54, 1.807) is 6.08 Å². The van der Waals surface area contributed by atoms with Gasteiger partial charge in [0.2, 0.25) is 5.91 Å². The van der Waals surface area contributed by atoms with Crippen molar-refractivity contribution in [2.24, 2.45) is 0 Å². The van der Waals surface area contributed by atoms with Gasteiger partial charge in [-0.3, -0.25) is 4.79 Å². The fourth-order valence-corrected chi connectivity index (χ4v) is 7.46. The number of hydrogen-bond acceptors (Lipinski definition) is 4. The van der Waals surface area contributed by atoms with Gasteiger partial charge < -0.3 is 20.6 Å². The zero-order valence-corrected chi connectivity index (χ0v) is 35.2. The molecule has 0 aliphatic rings. The molecule has 0 heterocycles. The predicted molar refractivity (Wildman–Crippen MR) is 227 cm³/mol. The molecule has 0 bridgehead atoms. The minimum atomic E-state index is -0.924. The number of nitrogens with one attached hydrogen (secondary N) is 1. The van der Waals surface area contributed by atoms with Crippen LogP contribution in [0.15, 0.2) is 12.2 Å². The molecule has 0 saturated carbocycles. The number of aliphatic hydroxyl groups excluding tert-OH is 3. The highest BCUT2D eigenvalue weighted by Gasteiger charge is 2.20. The molecule has 0 aromatic heterocycles. The summed E-state index contributed by atoms with van der Waals surface area (Å²) < 4.78 is 0. The minimum Gasteiger partial charge on any atom is -0.394 e. The predicted octanol–water partition coefficient (Wildman–Crippen LogP) is 13.6. The molecule has 0 radical (unpaired) electrons. The third kappa shape index (κ3) is 38.8. The summed E-state index contributed by atoms with van der Waals surface area (Å²) in [6.07, 6.45) is 50.8. The lowest BCUT2D eigenvalue weighted by Crippen LogP contribution is -2.45. The summed E-state index contributed by atoms with van der Waals surface area (Å²) >= 11 is 0. The summed E-state index contributed by atoms with van der Waals surface area (Å²) in [5, 5.41) is 33.2. The highest BCUT2D eigenvalue weighted by atomic mass is 16.3. The zero-order valence-electron chi connectivity index (χ0n) is 35.2. The van der Waals surface area contributed by atoms with Crippen molar-refractivity contribution in [3.63, 3.8) is 0 Å². The Labute approximate surface area is 325 Å². The molecule has 0 fully saturated rings. The number of rotatable bonds is 43. The fraction of sp³-hybridized carbons (Fsp3) is 0.936. The Bertz CT molecular complexity index is 728. The third-order valence-corrected chi connectivity index (χ3v) is 11.1. The molecule has 3 unspecified atom stereocenters. The lowest BCUT2D eigenvalue weighted by Gasteiger charge is -2.21. The van der Waals surface area contributed by atoms with Crippen molar-refractivity contribution in [2.45, 2.75) is 276 Å². The molecule has 310 valence electrons. The summed E-state index contributed by atoms with van der Waals surface area (Å²) in [5.74, 6) is -0.312. The maximum absolute atomic E-state index is 12.4. The van der Waals surface area contributed by atoms with Crippen LogP contribution < -0.4 is 5.32 Å². The van der Waals surface area contributed by atoms with Gasteiger partial charge in [-0.2, -0.15) is 0 Å². The summed E-state index contributed by atoms with van der Waals surface area (Å²) in [5.41, 5.74) is 0. The first kappa shape index (κ1) is 51.1. The monoisotopic (exact) mass is 736 g/mol. The molecule has 4 N–H and O–H groups in total. The lowest BCUT2D eigenvalue weighted by atomic mass is 10.0. The van der Waals surface area contributed by atoms with E-state index in [0.717, 1.165) is 25.7 Å². The summed E-state index contributed by atoms with van der Waals surface area (Å²) in [4.78, 5) is 12.4. The summed E-state index contributed by atoms with van der Waals surface area (Å²) in [7, 11) is 0. The maximum Gasteiger partial charge on any atom is 0.222 e. The van der Waals surface area contributed by atoms with Gasteiger partial charge in [0, 0.05) is 0 Å². The second-order valence-electron chi connectivity index (χ2n) is 16.4. The number of carbonyl (C=O) groups excluding carboxylic acids is 1. The molecule has 0 saturated heterocycles. The molecule has 0 rings (SSSR count). The maximum atomic E-state index is 12.4. The van der Waals surface area contributed by atoms with Gasteiger partial charge in [-0.05, 0) is 19.3 Å². The van der Waals surface area contributed by atoms with Crippen molar-refractivity contribution in [1.29, 1.82) is 0 Å². The van der Waals surface area contributed by atoms with Gasteiger partial charge in [0.1, 0.15) is 0 Å². The minimum absolute atomic E-state index is 0.0183. The van der Waals surface area contributed by atoms with E-state index in [1.807, 2.05) is 6.08 Å². The number of hydrogen-bond donors (Lipinski definition) is 4. The van der Waals surface area contributed by atoms with E-state index >= 15 is 0 Å². The van der Waals surface area contributed by atoms with Crippen molar-refractivity contribution in [3.05, 3.63) is 12.2 Å². The Balaban J connectivity index is 3.57. The molecule has 5 heteroatoms. The topological polar surface area (TPSA) is 89.8 Å². The van der Waals surface area contributed by atoms with Crippen LogP contribution in [0, 0.1) is 0 Å². The molecular weight excluding hydrogens is 643 g/mol. The lowest BCUT2D eigenvalue weighted by molar-refractivity contribution is -0.124. The van der Waals surface area contributed by atoms with Crippen molar-refractivity contribution >= 4 is 5.91 Å². The normalized spacial score (nSPS) is 13.6. The van der Waals surface area contributed by atoms with E-state index in [2.05, 4.69) is 19.2 Å². The number of carbonyl (C=O) groups is 1. The highest BCUT2D eigenvalue weighted by molar-refractivity contribution is 5.76. The van der Waals surface area contributed by atoms with Gasteiger partial charge >= 0.3 is 0 Å². The van der Waals surface area contributed by atoms with Crippen LogP contribution in [0.3, 0.4) is 0 Å². The van der Waals surface area contributed by atoms with Crippen molar-refractivity contribution < 1.29 is 20.1 Å². The molecular formula is C47H93NO4. The van der Waals surface area contributed by atoms with Gasteiger partial charge in [-0.1, -0.05) is 244 Å². The first-order chi connectivity index (χ1) is 25.5. The van der Waals surface area contributed by atoms with Gasteiger partial charge in [-0.25, -0.2) is 0 Å². The molecule has 0 aromatic carbocycles. The molecule has 5 nitrogen and oxygen atoms in total. The fourth-order valence-electron chi connectivity index (χ4n) is 7.46. The van der Waals surface area contributed by atoms with E-state index in [9.17, 15) is 20.1 Å². The van der Waals surface area contributed by atoms with Crippen molar-refractivity contribution in [2.75, 3.05) is 6.61 Å². The zero-order chi connectivity index (χ0) is 38.0. The number of allylic oxidation sites excluding steroid dienone is 1. The Morgan fingerprint density at radius 2 is 0.788 bits per heavy atom. The average Bonchev–Trinajstić information content (AvgIpc) is 3.14. The number of amides is 1. The van der Waals surface area contributed by atoms with Crippen LogP contribution in [-0.2, 0) is 4.79 Å². The smallest absolute Gasteiger partial charge is 0.222 e. The second kappa shape index (κ2) is 42.8. The largest absolute Gasteiger partial charge is 0.394 e. The van der Waals surface area contributed by atoms with E-state index in [-0.39, 0.29) is 18.9 Å². The van der Waals surface area contributed by atoms with Crippen LogP contribution >= 0.6 is 0 Å². The van der Waals surface area contributed by atoms with Crippen LogP contribution in [0.2, 0.25) is 0 Å². The quantitative estimate of drug-likeness (QED) is 0.0371. The summed E-state index contributed by atoms with van der Waals surface area (Å²) in [6.45, 7) is 4.22. The van der Waals surface area contributed by atoms with E-state index in [1.165, 1.54) is 205 Å². The van der Waals surface area contributed by atoms with Crippen LogP contribution in [0.25, 0.3) is 0 Å². The molecule has 1 amide bonds. The number of aliphatic hydroxyl groups is 3. The first-order valence-electron chi connectivity index (χ1n) is 23.5. The average molecular weight is 736 g/mol. The number of unbranched alkanes of at least 4 members (excludes halogenated alkanes) is 34. The second-order valence-corrected chi connectivity index (χ2v) is 16.4. The first-order valence-corrected chi connectivity index (χ1v) is 23.5. The van der Waals surface area contributed by atoms with E-state index < -0.39 is 18.2 Å².